The van der Waals surface area contributed by atoms with Crippen molar-refractivity contribution in [3.63, 3.8) is 0 Å². The van der Waals surface area contributed by atoms with E-state index in [-0.39, 0.29) is 5.75 Å². The second-order valence-electron chi connectivity index (χ2n) is 3.96. The summed E-state index contributed by atoms with van der Waals surface area (Å²) in [5, 5.41) is 0. The molecule has 0 bridgehead atoms. The third kappa shape index (κ3) is 5.72. The standard InChI is InChI=1S/C12H19O6P/c1-16-8-6-10-4-3-5-12(18-19(13,14)15)11(10)7-9-17-2/h3-5H,6-9H2,1-2H3,(H2,13,14,15). The lowest BCUT2D eigenvalue weighted by Crippen LogP contribution is -2.05. The molecule has 108 valence electrons. The van der Waals surface area contributed by atoms with Crippen molar-refractivity contribution in [3.05, 3.63) is 29.3 Å². The molecule has 0 aliphatic carbocycles. The molecule has 1 aromatic rings. The molecule has 0 aliphatic rings. The Balaban J connectivity index is 3.02. The molecule has 19 heavy (non-hydrogen) atoms. The third-order valence-corrected chi connectivity index (χ3v) is 3.01. The molecule has 0 saturated heterocycles. The van der Waals surface area contributed by atoms with Gasteiger partial charge in [-0.2, -0.15) is 0 Å². The fraction of sp³-hybridized carbons (Fsp3) is 0.500. The lowest BCUT2D eigenvalue weighted by atomic mass is 10.0. The highest BCUT2D eigenvalue weighted by molar-refractivity contribution is 7.46. The topological polar surface area (TPSA) is 85.2 Å². The van der Waals surface area contributed by atoms with Gasteiger partial charge in [0.25, 0.3) is 0 Å². The van der Waals surface area contributed by atoms with E-state index in [4.69, 9.17) is 23.8 Å². The maximum atomic E-state index is 11.0. The summed E-state index contributed by atoms with van der Waals surface area (Å²) in [5.41, 5.74) is 1.68. The molecule has 6 nitrogen and oxygen atoms in total. The van der Waals surface area contributed by atoms with E-state index in [0.717, 1.165) is 11.1 Å². The van der Waals surface area contributed by atoms with Crippen molar-refractivity contribution in [2.75, 3.05) is 27.4 Å². The van der Waals surface area contributed by atoms with Gasteiger partial charge in [0, 0.05) is 19.8 Å². The van der Waals surface area contributed by atoms with Gasteiger partial charge in [0.1, 0.15) is 5.75 Å². The predicted octanol–water partition coefficient (Wildman–Crippen LogP) is 1.54. The second-order valence-corrected chi connectivity index (χ2v) is 5.13. The van der Waals surface area contributed by atoms with Crippen LogP contribution in [0.25, 0.3) is 0 Å². The summed E-state index contributed by atoms with van der Waals surface area (Å²) in [7, 11) is -1.39. The maximum absolute atomic E-state index is 11.0. The fourth-order valence-corrected chi connectivity index (χ4v) is 2.19. The number of hydrogen-bond donors (Lipinski definition) is 2. The summed E-state index contributed by atoms with van der Waals surface area (Å²) in [5.74, 6) is 0.194. The number of methoxy groups -OCH3 is 2. The normalized spacial score (nSPS) is 11.6. The lowest BCUT2D eigenvalue weighted by Gasteiger charge is -2.15. The van der Waals surface area contributed by atoms with E-state index in [1.54, 1.807) is 26.4 Å². The van der Waals surface area contributed by atoms with Crippen LogP contribution in [0, 0.1) is 0 Å². The summed E-state index contributed by atoms with van der Waals surface area (Å²) >= 11 is 0. The van der Waals surface area contributed by atoms with Crippen LogP contribution in [0.15, 0.2) is 18.2 Å². The average molecular weight is 290 g/mol. The SMILES string of the molecule is COCCc1cccc(OP(=O)(O)O)c1CCOC. The largest absolute Gasteiger partial charge is 0.524 e. The van der Waals surface area contributed by atoms with Gasteiger partial charge in [-0.1, -0.05) is 12.1 Å². The molecule has 0 saturated carbocycles. The Morgan fingerprint density at radius 2 is 1.74 bits per heavy atom. The highest BCUT2D eigenvalue weighted by Crippen LogP contribution is 2.40. The number of phosphoric acid groups is 1. The van der Waals surface area contributed by atoms with Gasteiger partial charge in [0.05, 0.1) is 13.2 Å². The highest BCUT2D eigenvalue weighted by atomic mass is 31.2. The first-order valence-corrected chi connectivity index (χ1v) is 7.34. The monoisotopic (exact) mass is 290 g/mol. The molecule has 0 atom stereocenters. The number of benzene rings is 1. The lowest BCUT2D eigenvalue weighted by molar-refractivity contribution is 0.197. The van der Waals surface area contributed by atoms with Gasteiger partial charge in [-0.15, -0.1) is 0 Å². The van der Waals surface area contributed by atoms with Crippen LogP contribution < -0.4 is 4.52 Å². The molecule has 0 amide bonds. The molecule has 0 aliphatic heterocycles. The summed E-state index contributed by atoms with van der Waals surface area (Å²) in [6, 6.07) is 5.13. The van der Waals surface area contributed by atoms with Crippen molar-refractivity contribution in [1.82, 2.24) is 0 Å². The van der Waals surface area contributed by atoms with Gasteiger partial charge in [-0.05, 0) is 24.5 Å². The Hall–Kier alpha value is -0.910. The average Bonchev–Trinajstić information content (AvgIpc) is 2.33. The molecular weight excluding hydrogens is 271 g/mol. The molecule has 0 spiro atoms. The fourth-order valence-electron chi connectivity index (χ4n) is 1.76. The van der Waals surface area contributed by atoms with Crippen LogP contribution >= 0.6 is 7.82 Å². The summed E-state index contributed by atoms with van der Waals surface area (Å²) in [4.78, 5) is 17.8. The van der Waals surface area contributed by atoms with Crippen LogP contribution in [-0.2, 0) is 26.9 Å². The molecule has 0 unspecified atom stereocenters. The van der Waals surface area contributed by atoms with Gasteiger partial charge in [-0.3, -0.25) is 9.79 Å². The Morgan fingerprint density at radius 3 is 2.32 bits per heavy atom. The maximum Gasteiger partial charge on any atom is 0.524 e. The van der Waals surface area contributed by atoms with E-state index >= 15 is 0 Å². The highest BCUT2D eigenvalue weighted by Gasteiger charge is 2.19. The predicted molar refractivity (Wildman–Crippen MR) is 70.3 cm³/mol. The minimum atomic E-state index is -4.56. The van der Waals surface area contributed by atoms with Crippen molar-refractivity contribution >= 4 is 7.82 Å². The summed E-state index contributed by atoms with van der Waals surface area (Å²) in [6.45, 7) is 0.973. The quantitative estimate of drug-likeness (QED) is 0.706. The van der Waals surface area contributed by atoms with Gasteiger partial charge in [0.2, 0.25) is 0 Å². The van der Waals surface area contributed by atoms with Crippen LogP contribution in [0.3, 0.4) is 0 Å². The number of ether oxygens (including phenoxy) is 2. The van der Waals surface area contributed by atoms with E-state index in [0.29, 0.717) is 26.1 Å². The molecule has 7 heteroatoms. The van der Waals surface area contributed by atoms with Crippen LogP contribution in [0.4, 0.5) is 0 Å². The zero-order valence-corrected chi connectivity index (χ0v) is 11.9. The molecule has 0 fully saturated rings. The van der Waals surface area contributed by atoms with Gasteiger partial charge >= 0.3 is 7.82 Å². The van der Waals surface area contributed by atoms with E-state index in [1.165, 1.54) is 0 Å². The molecule has 0 heterocycles. The zero-order chi connectivity index (χ0) is 14.3. The Labute approximate surface area is 112 Å². The van der Waals surface area contributed by atoms with Gasteiger partial charge < -0.3 is 14.0 Å². The number of rotatable bonds is 8. The molecule has 1 rings (SSSR count). The van der Waals surface area contributed by atoms with Gasteiger partial charge in [0.15, 0.2) is 0 Å². The summed E-state index contributed by atoms with van der Waals surface area (Å²) in [6.07, 6.45) is 1.17. The van der Waals surface area contributed by atoms with Crippen molar-refractivity contribution in [3.8, 4) is 5.75 Å². The van der Waals surface area contributed by atoms with E-state index in [2.05, 4.69) is 0 Å². The van der Waals surface area contributed by atoms with E-state index in [1.807, 2.05) is 6.07 Å². The molecule has 2 N–H and O–H groups in total. The first-order valence-electron chi connectivity index (χ1n) is 5.81. The summed E-state index contributed by atoms with van der Waals surface area (Å²) < 4.78 is 25.7. The van der Waals surface area contributed by atoms with Crippen molar-refractivity contribution in [2.45, 2.75) is 12.8 Å². The van der Waals surface area contributed by atoms with Crippen LogP contribution in [0.1, 0.15) is 11.1 Å². The van der Waals surface area contributed by atoms with Crippen molar-refractivity contribution in [2.24, 2.45) is 0 Å². The Kier molecular flexibility index (Phi) is 6.48. The first-order chi connectivity index (χ1) is 8.98. The van der Waals surface area contributed by atoms with Gasteiger partial charge in [-0.25, -0.2) is 4.57 Å². The minimum Gasteiger partial charge on any atom is -0.404 e. The number of hydrogen-bond acceptors (Lipinski definition) is 4. The van der Waals surface area contributed by atoms with Crippen LogP contribution in [-0.4, -0.2) is 37.2 Å². The van der Waals surface area contributed by atoms with E-state index < -0.39 is 7.82 Å². The van der Waals surface area contributed by atoms with Crippen molar-refractivity contribution in [1.29, 1.82) is 0 Å². The molecular formula is C12H19O6P. The van der Waals surface area contributed by atoms with Crippen molar-refractivity contribution < 1.29 is 28.3 Å². The third-order valence-electron chi connectivity index (χ3n) is 2.58. The van der Waals surface area contributed by atoms with E-state index in [9.17, 15) is 4.57 Å². The van der Waals surface area contributed by atoms with Crippen LogP contribution in [0.2, 0.25) is 0 Å². The smallest absolute Gasteiger partial charge is 0.404 e. The Bertz CT molecular complexity index is 442. The molecule has 1 aromatic carbocycles. The first kappa shape index (κ1) is 16.1. The zero-order valence-electron chi connectivity index (χ0n) is 11.0. The molecule has 0 aromatic heterocycles. The minimum absolute atomic E-state index is 0.194. The second kappa shape index (κ2) is 7.62. The number of phosphoric ester groups is 1. The Morgan fingerprint density at radius 1 is 1.11 bits per heavy atom. The molecule has 0 radical (unpaired) electrons. The van der Waals surface area contributed by atoms with Crippen LogP contribution in [0.5, 0.6) is 5.75 Å².